The Hall–Kier alpha value is -4.68. The second kappa shape index (κ2) is 15.5. The minimum Gasteiger partial charge on any atom is -0.457 e. The van der Waals surface area contributed by atoms with Crippen LogP contribution in [-0.2, 0) is 43.2 Å². The van der Waals surface area contributed by atoms with E-state index in [4.69, 9.17) is 9.47 Å². The third-order valence-corrected chi connectivity index (χ3v) is 10.9. The fraction of sp³-hybridized carbons (Fsp3) is 0.742. The lowest BCUT2D eigenvalue weighted by Gasteiger charge is -2.59. The molecule has 8 atom stereocenters. The summed E-state index contributed by atoms with van der Waals surface area (Å²) in [5.74, 6) is -3.07. The number of allylic oxidation sites excluding steroid dienone is 4. The molecule has 0 bridgehead atoms. The van der Waals surface area contributed by atoms with Gasteiger partial charge in [0.15, 0.2) is 18.0 Å². The average Bonchev–Trinajstić information content (AvgIpc) is 3.32. The summed E-state index contributed by atoms with van der Waals surface area (Å²) in [7, 11) is 0. The summed E-state index contributed by atoms with van der Waals surface area (Å²) in [5, 5.41) is 40.2. The topological polar surface area (TPSA) is 264 Å². The molecule has 2 fully saturated rings. The van der Waals surface area contributed by atoms with Gasteiger partial charge in [-0.2, -0.15) is 0 Å². The van der Waals surface area contributed by atoms with Crippen molar-refractivity contribution >= 4 is 23.5 Å². The van der Waals surface area contributed by atoms with Crippen molar-refractivity contribution in [1.29, 1.82) is 0 Å². The minimum atomic E-state index is -1.82. The Kier molecular flexibility index (Phi) is 11.8. The molecule has 19 nitrogen and oxygen atoms in total. The molecular weight excluding hydrogens is 670 g/mol. The minimum absolute atomic E-state index is 0.0218. The Bertz CT molecular complexity index is 1450. The van der Waals surface area contributed by atoms with Crippen LogP contribution in [-0.4, -0.2) is 81.5 Å². The smallest absolute Gasteiger partial charge is 0.306 e. The van der Waals surface area contributed by atoms with Gasteiger partial charge < -0.3 is 29.1 Å². The van der Waals surface area contributed by atoms with Gasteiger partial charge >= 0.3 is 11.9 Å². The highest BCUT2D eigenvalue weighted by Crippen LogP contribution is 2.67. The van der Waals surface area contributed by atoms with E-state index in [1.165, 1.54) is 6.08 Å². The molecule has 0 heterocycles. The molecule has 0 amide bonds. The quantitative estimate of drug-likeness (QED) is 0.0704. The molecule has 4 aliphatic rings. The lowest BCUT2D eigenvalue weighted by molar-refractivity contribution is -0.790. The molecular formula is C31H41N3O16. The van der Waals surface area contributed by atoms with Crippen molar-refractivity contribution < 1.29 is 63.5 Å². The number of carbonyl (C=O) groups is 4. The molecule has 276 valence electrons. The molecule has 50 heavy (non-hydrogen) atoms. The number of esters is 2. The maximum absolute atomic E-state index is 14.1. The molecule has 0 aromatic rings. The van der Waals surface area contributed by atoms with E-state index in [1.807, 2.05) is 19.1 Å². The summed E-state index contributed by atoms with van der Waals surface area (Å²) < 4.78 is 11.3. The lowest BCUT2D eigenvalue weighted by Crippen LogP contribution is -2.62. The zero-order valence-electron chi connectivity index (χ0n) is 27.7. The summed E-state index contributed by atoms with van der Waals surface area (Å²) in [6.45, 7) is 1.85. The van der Waals surface area contributed by atoms with Crippen LogP contribution in [0.25, 0.3) is 0 Å². The maximum Gasteiger partial charge on any atom is 0.306 e. The van der Waals surface area contributed by atoms with E-state index in [1.54, 1.807) is 6.92 Å². The predicted octanol–water partition coefficient (Wildman–Crippen LogP) is 2.60. The number of carbonyl (C=O) groups excluding carboxylic acids is 4. The van der Waals surface area contributed by atoms with Crippen LogP contribution in [0.4, 0.5) is 0 Å². The van der Waals surface area contributed by atoms with Crippen LogP contribution in [0.5, 0.6) is 0 Å². The van der Waals surface area contributed by atoms with Gasteiger partial charge in [0, 0.05) is 36.0 Å². The highest BCUT2D eigenvalue weighted by atomic mass is 17.0. The number of Topliss-reactive ketones (excluding diaryl/α,β-unsaturated/α-hetero) is 1. The Morgan fingerprint density at radius 3 is 2.40 bits per heavy atom. The molecule has 0 spiro atoms. The molecule has 19 heteroatoms. The Labute approximate surface area is 285 Å². The van der Waals surface area contributed by atoms with E-state index < -0.39 is 74.8 Å². The first-order valence-electron chi connectivity index (χ1n) is 16.4. The molecule has 0 radical (unpaired) electrons. The zero-order chi connectivity index (χ0) is 36.9. The van der Waals surface area contributed by atoms with Crippen LogP contribution in [0.2, 0.25) is 0 Å². The number of hydrogen-bond donors (Lipinski definition) is 1. The van der Waals surface area contributed by atoms with Crippen molar-refractivity contribution in [2.75, 3.05) is 19.8 Å². The molecule has 1 N–H and O–H groups in total. The van der Waals surface area contributed by atoms with Crippen molar-refractivity contribution in [2.45, 2.75) is 95.9 Å². The van der Waals surface area contributed by atoms with E-state index in [9.17, 15) is 54.6 Å². The molecule has 0 aliphatic heterocycles. The summed E-state index contributed by atoms with van der Waals surface area (Å²) >= 11 is 0. The second-order valence-electron chi connectivity index (χ2n) is 13.7. The van der Waals surface area contributed by atoms with Crippen LogP contribution in [0.1, 0.15) is 78.1 Å². The molecule has 2 saturated carbocycles. The number of fused-ring (bicyclic) bond motifs is 5. The number of aliphatic hydroxyl groups excluding tert-OH is 1. The van der Waals surface area contributed by atoms with Crippen molar-refractivity contribution in [2.24, 2.45) is 28.6 Å². The first-order chi connectivity index (χ1) is 23.5. The normalized spacial score (nSPS) is 31.5. The Morgan fingerprint density at radius 2 is 1.72 bits per heavy atom. The van der Waals surface area contributed by atoms with Gasteiger partial charge in [0.05, 0.1) is 12.7 Å². The molecule has 4 rings (SSSR count). The average molecular weight is 712 g/mol. The SMILES string of the molecule is C[C@]12C=CC(=O)CC1=CCC1C3CC[C@](OC(=O)CCCO[N+](=O)[O-])(C(=O)COC(=O)CCCC(CO[N+](=O)[O-])O[N+](=O)[O-])[C@@]3(C)C[C@H](O)[C@@H]12. The monoisotopic (exact) mass is 711 g/mol. The zero-order valence-corrected chi connectivity index (χ0v) is 27.7. The number of rotatable bonds is 18. The first-order valence-corrected chi connectivity index (χ1v) is 16.4. The van der Waals surface area contributed by atoms with E-state index in [0.717, 1.165) is 5.57 Å². The van der Waals surface area contributed by atoms with Crippen molar-refractivity contribution in [3.05, 3.63) is 54.1 Å². The summed E-state index contributed by atoms with van der Waals surface area (Å²) in [6.07, 6.45) is 3.50. The number of ether oxygens (including phenoxy) is 2. The number of aliphatic hydroxyl groups is 1. The Balaban J connectivity index is 1.50. The van der Waals surface area contributed by atoms with Gasteiger partial charge in [-0.1, -0.05) is 31.6 Å². The molecule has 0 saturated heterocycles. The standard InChI is InChI=1S/C31H41N3O16/c1-29-12-10-20(35)15-19(29)8-9-22-23-11-13-31(30(23,2)16-24(36)28(22)29,49-27(39)7-4-14-47-32(40)41)25(37)18-46-26(38)6-3-5-21(50-34(44)45)17-48-33(42)43/h8,10,12,21-24,28,36H,3-7,9,11,13-18H2,1-2H3/t21?,22?,23?,24-,28+,29-,30-,31-/m0/s1. The summed E-state index contributed by atoms with van der Waals surface area (Å²) in [4.78, 5) is 96.6. The third kappa shape index (κ3) is 8.03. The lowest BCUT2D eigenvalue weighted by atomic mass is 9.47. The van der Waals surface area contributed by atoms with E-state index >= 15 is 0 Å². The van der Waals surface area contributed by atoms with Crippen molar-refractivity contribution in [3.63, 3.8) is 0 Å². The van der Waals surface area contributed by atoms with Gasteiger partial charge in [-0.05, 0) is 62.9 Å². The fourth-order valence-corrected chi connectivity index (χ4v) is 8.75. The third-order valence-electron chi connectivity index (χ3n) is 10.9. The second-order valence-corrected chi connectivity index (χ2v) is 13.7. The van der Waals surface area contributed by atoms with Crippen LogP contribution >= 0.6 is 0 Å². The van der Waals surface area contributed by atoms with Gasteiger partial charge in [-0.25, -0.2) is 0 Å². The highest BCUT2D eigenvalue weighted by molar-refractivity contribution is 5.94. The maximum atomic E-state index is 14.1. The number of nitrogens with zero attached hydrogens (tertiary/aromatic N) is 3. The fourth-order valence-electron chi connectivity index (χ4n) is 8.75. The van der Waals surface area contributed by atoms with Gasteiger partial charge in [0.25, 0.3) is 15.3 Å². The first kappa shape index (κ1) is 38.1. The van der Waals surface area contributed by atoms with E-state index in [-0.39, 0.29) is 81.5 Å². The predicted molar refractivity (Wildman–Crippen MR) is 164 cm³/mol. The molecule has 0 aromatic carbocycles. The van der Waals surface area contributed by atoms with E-state index in [0.29, 0.717) is 12.8 Å². The highest BCUT2D eigenvalue weighted by Gasteiger charge is 2.70. The number of hydrogen-bond acceptors (Lipinski definition) is 16. The van der Waals surface area contributed by atoms with Crippen LogP contribution in [0.15, 0.2) is 23.8 Å². The van der Waals surface area contributed by atoms with Crippen LogP contribution in [0.3, 0.4) is 0 Å². The largest absolute Gasteiger partial charge is 0.457 e. The van der Waals surface area contributed by atoms with Crippen molar-refractivity contribution in [1.82, 2.24) is 0 Å². The van der Waals surface area contributed by atoms with Crippen LogP contribution < -0.4 is 0 Å². The number of ketones is 2. The van der Waals surface area contributed by atoms with Crippen LogP contribution in [0, 0.1) is 58.9 Å². The molecule has 3 unspecified atom stereocenters. The van der Waals surface area contributed by atoms with Gasteiger partial charge in [-0.15, -0.1) is 30.3 Å². The van der Waals surface area contributed by atoms with E-state index in [2.05, 4.69) is 14.5 Å². The molecule has 4 aliphatic carbocycles. The van der Waals surface area contributed by atoms with Crippen molar-refractivity contribution in [3.8, 4) is 0 Å². The van der Waals surface area contributed by atoms with Gasteiger partial charge in [0.1, 0.15) is 12.7 Å². The molecule has 0 aromatic heterocycles. The summed E-state index contributed by atoms with van der Waals surface area (Å²) in [6, 6.07) is 0. The van der Waals surface area contributed by atoms with Gasteiger partial charge in [0.2, 0.25) is 5.78 Å². The Morgan fingerprint density at radius 1 is 1.02 bits per heavy atom. The summed E-state index contributed by atoms with van der Waals surface area (Å²) in [5.41, 5.74) is -2.58. The van der Waals surface area contributed by atoms with Gasteiger partial charge in [-0.3, -0.25) is 19.2 Å².